The monoisotopic (exact) mass is 375 g/mol. The third kappa shape index (κ3) is 3.85. The number of anilines is 1. The van der Waals surface area contributed by atoms with Crippen LogP contribution in [0.2, 0.25) is 0 Å². The molecule has 0 aromatic heterocycles. The SMILES string of the molecule is O=C(O)CC1CCCN1c1ccccc1Oc1cccc(Br)c1. The normalized spacial score (nSPS) is 17.3. The maximum Gasteiger partial charge on any atom is 0.305 e. The van der Waals surface area contributed by atoms with Crippen LogP contribution in [0.3, 0.4) is 0 Å². The molecule has 0 bridgehead atoms. The van der Waals surface area contributed by atoms with E-state index in [4.69, 9.17) is 9.84 Å². The summed E-state index contributed by atoms with van der Waals surface area (Å²) >= 11 is 3.44. The molecule has 1 unspecified atom stereocenters. The summed E-state index contributed by atoms with van der Waals surface area (Å²) in [6.45, 7) is 0.858. The zero-order chi connectivity index (χ0) is 16.2. The average Bonchev–Trinajstić information content (AvgIpc) is 2.95. The lowest BCUT2D eigenvalue weighted by molar-refractivity contribution is -0.137. The number of hydrogen-bond donors (Lipinski definition) is 1. The number of carboxylic acid groups (broad SMARTS) is 1. The van der Waals surface area contributed by atoms with Gasteiger partial charge in [0.2, 0.25) is 0 Å². The van der Waals surface area contributed by atoms with Gasteiger partial charge < -0.3 is 14.7 Å². The van der Waals surface area contributed by atoms with Crippen LogP contribution in [0, 0.1) is 0 Å². The van der Waals surface area contributed by atoms with Crippen molar-refractivity contribution in [2.75, 3.05) is 11.4 Å². The summed E-state index contributed by atoms with van der Waals surface area (Å²) in [5.74, 6) is 0.746. The van der Waals surface area contributed by atoms with Gasteiger partial charge in [-0.3, -0.25) is 4.79 Å². The van der Waals surface area contributed by atoms with Crippen molar-refractivity contribution in [3.8, 4) is 11.5 Å². The summed E-state index contributed by atoms with van der Waals surface area (Å²) in [4.78, 5) is 13.2. The van der Waals surface area contributed by atoms with Crippen molar-refractivity contribution in [2.45, 2.75) is 25.3 Å². The minimum Gasteiger partial charge on any atom is -0.481 e. The van der Waals surface area contributed by atoms with Crippen molar-refractivity contribution in [2.24, 2.45) is 0 Å². The van der Waals surface area contributed by atoms with Gasteiger partial charge in [0, 0.05) is 17.1 Å². The molecule has 0 radical (unpaired) electrons. The van der Waals surface area contributed by atoms with E-state index in [-0.39, 0.29) is 12.5 Å². The lowest BCUT2D eigenvalue weighted by Gasteiger charge is -2.27. The number of carboxylic acids is 1. The molecule has 4 nitrogen and oxygen atoms in total. The van der Waals surface area contributed by atoms with Gasteiger partial charge in [0.25, 0.3) is 0 Å². The molecule has 1 fully saturated rings. The Labute approximate surface area is 143 Å². The standard InChI is InChI=1S/C18H18BrNO3/c19-13-5-3-7-15(11-13)23-17-9-2-1-8-16(17)20-10-4-6-14(20)12-18(21)22/h1-3,5,7-9,11,14H,4,6,10,12H2,(H,21,22). The lowest BCUT2D eigenvalue weighted by atomic mass is 10.1. The highest BCUT2D eigenvalue weighted by atomic mass is 79.9. The van der Waals surface area contributed by atoms with Crippen molar-refractivity contribution in [1.29, 1.82) is 0 Å². The lowest BCUT2D eigenvalue weighted by Crippen LogP contribution is -2.31. The van der Waals surface area contributed by atoms with E-state index in [0.717, 1.165) is 41.0 Å². The number of nitrogens with zero attached hydrogens (tertiary/aromatic N) is 1. The Morgan fingerprint density at radius 2 is 2.09 bits per heavy atom. The minimum atomic E-state index is -0.757. The third-order valence-electron chi connectivity index (χ3n) is 3.99. The second-order valence-electron chi connectivity index (χ2n) is 5.61. The summed E-state index contributed by atoms with van der Waals surface area (Å²) in [6, 6.07) is 15.5. The molecule has 0 aliphatic carbocycles. The Bertz CT molecular complexity index is 704. The van der Waals surface area contributed by atoms with E-state index in [0.29, 0.717) is 0 Å². The van der Waals surface area contributed by atoms with Crippen LogP contribution in [0.5, 0.6) is 11.5 Å². The van der Waals surface area contributed by atoms with Crippen LogP contribution in [-0.4, -0.2) is 23.7 Å². The highest BCUT2D eigenvalue weighted by Crippen LogP contribution is 2.37. The van der Waals surface area contributed by atoms with E-state index in [1.807, 2.05) is 48.5 Å². The van der Waals surface area contributed by atoms with Gasteiger partial charge in [-0.25, -0.2) is 0 Å². The first-order valence-electron chi connectivity index (χ1n) is 7.64. The second kappa shape index (κ2) is 7.04. The van der Waals surface area contributed by atoms with Crippen LogP contribution < -0.4 is 9.64 Å². The number of para-hydroxylation sites is 2. The predicted molar refractivity (Wildman–Crippen MR) is 93.3 cm³/mol. The molecule has 1 atom stereocenters. The molecular formula is C18H18BrNO3. The first kappa shape index (κ1) is 15.9. The van der Waals surface area contributed by atoms with Gasteiger partial charge in [-0.15, -0.1) is 0 Å². The van der Waals surface area contributed by atoms with E-state index in [9.17, 15) is 4.79 Å². The van der Waals surface area contributed by atoms with Crippen molar-refractivity contribution < 1.29 is 14.6 Å². The number of hydrogen-bond acceptors (Lipinski definition) is 3. The Morgan fingerprint density at radius 1 is 1.26 bits per heavy atom. The summed E-state index contributed by atoms with van der Waals surface area (Å²) in [7, 11) is 0. The molecule has 0 amide bonds. The van der Waals surface area contributed by atoms with Crippen LogP contribution in [0.25, 0.3) is 0 Å². The molecule has 23 heavy (non-hydrogen) atoms. The molecule has 0 spiro atoms. The van der Waals surface area contributed by atoms with Crippen molar-refractivity contribution in [3.05, 3.63) is 53.0 Å². The Hall–Kier alpha value is -2.01. The zero-order valence-corrected chi connectivity index (χ0v) is 14.2. The molecule has 1 N–H and O–H groups in total. The first-order valence-corrected chi connectivity index (χ1v) is 8.43. The van der Waals surface area contributed by atoms with Crippen molar-refractivity contribution in [1.82, 2.24) is 0 Å². The molecule has 1 saturated heterocycles. The van der Waals surface area contributed by atoms with Crippen LogP contribution >= 0.6 is 15.9 Å². The quantitative estimate of drug-likeness (QED) is 0.823. The van der Waals surface area contributed by atoms with Crippen LogP contribution in [0.4, 0.5) is 5.69 Å². The number of aliphatic carboxylic acids is 1. The molecule has 120 valence electrons. The smallest absolute Gasteiger partial charge is 0.305 e. The van der Waals surface area contributed by atoms with Gasteiger partial charge in [-0.05, 0) is 43.2 Å². The van der Waals surface area contributed by atoms with Crippen LogP contribution in [0.15, 0.2) is 53.0 Å². The fourth-order valence-corrected chi connectivity index (χ4v) is 3.38. The van der Waals surface area contributed by atoms with E-state index in [2.05, 4.69) is 20.8 Å². The minimum absolute atomic E-state index is 0.0276. The van der Waals surface area contributed by atoms with Gasteiger partial charge in [0.1, 0.15) is 5.75 Å². The van der Waals surface area contributed by atoms with Gasteiger partial charge >= 0.3 is 5.97 Å². The summed E-state index contributed by atoms with van der Waals surface area (Å²) in [6.07, 6.45) is 2.06. The van der Waals surface area contributed by atoms with E-state index in [1.165, 1.54) is 0 Å². The van der Waals surface area contributed by atoms with E-state index >= 15 is 0 Å². The van der Waals surface area contributed by atoms with Crippen molar-refractivity contribution in [3.63, 3.8) is 0 Å². The molecule has 1 aliphatic heterocycles. The highest BCUT2D eigenvalue weighted by molar-refractivity contribution is 9.10. The molecule has 2 aromatic rings. The van der Waals surface area contributed by atoms with Crippen molar-refractivity contribution >= 4 is 27.6 Å². The number of carbonyl (C=O) groups is 1. The zero-order valence-electron chi connectivity index (χ0n) is 12.6. The number of rotatable bonds is 5. The summed E-state index contributed by atoms with van der Waals surface area (Å²) in [5, 5.41) is 9.11. The highest BCUT2D eigenvalue weighted by Gasteiger charge is 2.28. The van der Waals surface area contributed by atoms with E-state index in [1.54, 1.807) is 0 Å². The van der Waals surface area contributed by atoms with Crippen LogP contribution in [0.1, 0.15) is 19.3 Å². The second-order valence-corrected chi connectivity index (χ2v) is 6.53. The number of halogens is 1. The summed E-state index contributed by atoms with van der Waals surface area (Å²) < 4.78 is 6.99. The Morgan fingerprint density at radius 3 is 2.87 bits per heavy atom. The number of benzene rings is 2. The van der Waals surface area contributed by atoms with Gasteiger partial charge in [0.05, 0.1) is 12.1 Å². The Balaban J connectivity index is 1.87. The average molecular weight is 376 g/mol. The molecular weight excluding hydrogens is 358 g/mol. The fourth-order valence-electron chi connectivity index (χ4n) is 3.00. The molecule has 5 heteroatoms. The third-order valence-corrected chi connectivity index (χ3v) is 4.48. The van der Waals surface area contributed by atoms with Gasteiger partial charge in [-0.2, -0.15) is 0 Å². The fraction of sp³-hybridized carbons (Fsp3) is 0.278. The Kier molecular flexibility index (Phi) is 4.86. The largest absolute Gasteiger partial charge is 0.481 e. The topological polar surface area (TPSA) is 49.8 Å². The van der Waals surface area contributed by atoms with Gasteiger partial charge in [-0.1, -0.05) is 34.1 Å². The predicted octanol–water partition coefficient (Wildman–Crippen LogP) is 4.68. The molecule has 3 rings (SSSR count). The maximum atomic E-state index is 11.1. The van der Waals surface area contributed by atoms with E-state index < -0.39 is 5.97 Å². The molecule has 0 saturated carbocycles. The first-order chi connectivity index (χ1) is 11.1. The molecule has 1 aliphatic rings. The van der Waals surface area contributed by atoms with Gasteiger partial charge in [0.15, 0.2) is 5.75 Å². The maximum absolute atomic E-state index is 11.1. The molecule has 2 aromatic carbocycles. The van der Waals surface area contributed by atoms with Crippen LogP contribution in [-0.2, 0) is 4.79 Å². The number of ether oxygens (including phenoxy) is 1. The summed E-state index contributed by atoms with van der Waals surface area (Å²) in [5.41, 5.74) is 0.955. The molecule has 1 heterocycles.